The van der Waals surface area contributed by atoms with Crippen molar-refractivity contribution in [1.29, 1.82) is 0 Å². The van der Waals surface area contributed by atoms with Gasteiger partial charge in [0.05, 0.1) is 11.6 Å². The molecule has 136 valence electrons. The van der Waals surface area contributed by atoms with Crippen LogP contribution >= 0.6 is 15.9 Å². The molecule has 0 fully saturated rings. The van der Waals surface area contributed by atoms with Gasteiger partial charge in [-0.25, -0.2) is 0 Å². The lowest BCUT2D eigenvalue weighted by Crippen LogP contribution is -2.35. The van der Waals surface area contributed by atoms with Gasteiger partial charge < -0.3 is 10.0 Å². The zero-order valence-electron chi connectivity index (χ0n) is 15.1. The molecule has 25 heavy (non-hydrogen) atoms. The molecule has 0 aliphatic carbocycles. The van der Waals surface area contributed by atoms with Crippen LogP contribution in [-0.4, -0.2) is 28.2 Å². The largest absolute Gasteiger partial charge is 0.503 e. The van der Waals surface area contributed by atoms with Gasteiger partial charge in [-0.15, -0.1) is 0 Å². The maximum absolute atomic E-state index is 12.7. The van der Waals surface area contributed by atoms with Crippen LogP contribution in [0.15, 0.2) is 40.1 Å². The summed E-state index contributed by atoms with van der Waals surface area (Å²) < 4.78 is 0.930. The molecule has 0 unspecified atom stereocenters. The zero-order chi connectivity index (χ0) is 18.6. The zero-order valence-corrected chi connectivity index (χ0v) is 16.7. The Morgan fingerprint density at radius 2 is 1.92 bits per heavy atom. The maximum atomic E-state index is 12.7. The second-order valence-electron chi connectivity index (χ2n) is 6.65. The van der Waals surface area contributed by atoms with Crippen LogP contribution in [0.4, 0.5) is 0 Å². The van der Waals surface area contributed by atoms with Crippen LogP contribution in [0.1, 0.15) is 58.1 Å². The van der Waals surface area contributed by atoms with Gasteiger partial charge in [0.25, 0.3) is 5.91 Å². The summed E-state index contributed by atoms with van der Waals surface area (Å²) in [5, 5.41) is 10.3. The quantitative estimate of drug-likeness (QED) is 0.662. The Kier molecular flexibility index (Phi) is 6.82. The number of nitrogens with zero attached hydrogens (tertiary/aromatic N) is 1. The van der Waals surface area contributed by atoms with Gasteiger partial charge in [-0.1, -0.05) is 61.2 Å². The van der Waals surface area contributed by atoms with Crippen LogP contribution < -0.4 is 0 Å². The minimum Gasteiger partial charge on any atom is -0.503 e. The average Bonchev–Trinajstić information content (AvgIpc) is 2.84. The lowest BCUT2D eigenvalue weighted by Gasteiger charge is -2.30. The molecule has 1 aromatic rings. The van der Waals surface area contributed by atoms with E-state index in [1.165, 1.54) is 6.92 Å². The van der Waals surface area contributed by atoms with Crippen LogP contribution in [0.3, 0.4) is 0 Å². The van der Waals surface area contributed by atoms with Crippen LogP contribution in [0.2, 0.25) is 0 Å². The number of carbonyl (C=O) groups is 2. The van der Waals surface area contributed by atoms with Crippen LogP contribution in [0.25, 0.3) is 0 Å². The van der Waals surface area contributed by atoms with Gasteiger partial charge in [0.1, 0.15) is 0 Å². The van der Waals surface area contributed by atoms with Crippen molar-refractivity contribution in [2.45, 2.75) is 52.5 Å². The van der Waals surface area contributed by atoms with E-state index in [0.29, 0.717) is 12.5 Å². The van der Waals surface area contributed by atoms with Crippen molar-refractivity contribution in [2.75, 3.05) is 6.54 Å². The molecular weight excluding hydrogens is 382 g/mol. The normalized spacial score (nSPS) is 18.8. The molecule has 0 spiro atoms. The smallest absolute Gasteiger partial charge is 0.290 e. The Morgan fingerprint density at radius 1 is 1.28 bits per heavy atom. The monoisotopic (exact) mass is 407 g/mol. The predicted octanol–water partition coefficient (Wildman–Crippen LogP) is 4.95. The van der Waals surface area contributed by atoms with Crippen molar-refractivity contribution >= 4 is 27.6 Å². The van der Waals surface area contributed by atoms with Gasteiger partial charge in [-0.3, -0.25) is 9.59 Å². The van der Waals surface area contributed by atoms with Crippen molar-refractivity contribution in [3.63, 3.8) is 0 Å². The fraction of sp³-hybridized carbons (Fsp3) is 0.500. The minimum absolute atomic E-state index is 0.206. The lowest BCUT2D eigenvalue weighted by atomic mass is 9.94. The molecule has 1 N–H and O–H groups in total. The van der Waals surface area contributed by atoms with Crippen molar-refractivity contribution in [3.05, 3.63) is 45.6 Å². The molecule has 0 saturated heterocycles. The van der Waals surface area contributed by atoms with Gasteiger partial charge in [0, 0.05) is 11.0 Å². The third kappa shape index (κ3) is 4.32. The number of aliphatic hydroxyl groups excluding tert-OH is 1. The molecule has 1 heterocycles. The van der Waals surface area contributed by atoms with E-state index in [4.69, 9.17) is 0 Å². The van der Waals surface area contributed by atoms with E-state index >= 15 is 0 Å². The molecule has 1 amide bonds. The molecule has 0 radical (unpaired) electrons. The van der Waals surface area contributed by atoms with E-state index in [1.807, 2.05) is 24.3 Å². The third-order valence-electron chi connectivity index (χ3n) is 4.87. The molecule has 1 aliphatic rings. The van der Waals surface area contributed by atoms with E-state index in [9.17, 15) is 14.7 Å². The molecule has 0 bridgehead atoms. The number of aliphatic hydroxyl groups is 1. The first-order valence-corrected chi connectivity index (χ1v) is 9.70. The van der Waals surface area contributed by atoms with Gasteiger partial charge in [0.15, 0.2) is 11.5 Å². The number of hydrogen-bond acceptors (Lipinski definition) is 3. The Morgan fingerprint density at radius 3 is 2.44 bits per heavy atom. The number of unbranched alkanes of at least 4 members (excludes halogenated alkanes) is 1. The number of rotatable bonds is 8. The lowest BCUT2D eigenvalue weighted by molar-refractivity contribution is -0.130. The highest BCUT2D eigenvalue weighted by atomic mass is 79.9. The van der Waals surface area contributed by atoms with E-state index in [2.05, 4.69) is 29.8 Å². The first-order chi connectivity index (χ1) is 11.9. The summed E-state index contributed by atoms with van der Waals surface area (Å²) in [7, 11) is 0. The summed E-state index contributed by atoms with van der Waals surface area (Å²) in [5.41, 5.74) is 1.05. The molecule has 5 heteroatoms. The van der Waals surface area contributed by atoms with E-state index < -0.39 is 17.7 Å². The molecule has 1 aliphatic heterocycles. The Labute approximate surface area is 158 Å². The van der Waals surface area contributed by atoms with Crippen LogP contribution in [-0.2, 0) is 9.59 Å². The van der Waals surface area contributed by atoms with Crippen molar-refractivity contribution < 1.29 is 14.7 Å². The number of amides is 1. The number of ketones is 1. The van der Waals surface area contributed by atoms with E-state index in [0.717, 1.165) is 35.7 Å². The van der Waals surface area contributed by atoms with Crippen molar-refractivity contribution in [2.24, 2.45) is 5.92 Å². The predicted molar refractivity (Wildman–Crippen MR) is 102 cm³/mol. The highest BCUT2D eigenvalue weighted by molar-refractivity contribution is 9.10. The second-order valence-corrected chi connectivity index (χ2v) is 7.56. The number of carbonyl (C=O) groups excluding carboxylic acids is 2. The third-order valence-corrected chi connectivity index (χ3v) is 5.40. The molecule has 0 saturated carbocycles. The molecule has 0 aromatic heterocycles. The number of hydrogen-bond donors (Lipinski definition) is 1. The summed E-state index contributed by atoms with van der Waals surface area (Å²) in [6.07, 6.45) is 4.23. The average molecular weight is 408 g/mol. The first kappa shape index (κ1) is 19.7. The summed E-state index contributed by atoms with van der Waals surface area (Å²) in [6, 6.07) is 7.06. The van der Waals surface area contributed by atoms with Crippen LogP contribution in [0, 0.1) is 5.92 Å². The summed E-state index contributed by atoms with van der Waals surface area (Å²) in [5.74, 6) is -0.734. The molecular formula is C20H26BrNO3. The number of Topliss-reactive ketones (excluding diaryl/α,β-unsaturated/α-hetero) is 1. The highest BCUT2D eigenvalue weighted by Gasteiger charge is 2.42. The van der Waals surface area contributed by atoms with E-state index in [1.54, 1.807) is 4.90 Å². The van der Waals surface area contributed by atoms with Gasteiger partial charge in [0.2, 0.25) is 0 Å². The summed E-state index contributed by atoms with van der Waals surface area (Å²) in [4.78, 5) is 26.4. The highest BCUT2D eigenvalue weighted by Crippen LogP contribution is 2.39. The SMILES string of the molecule is CCCC[C@H](CC)CN1C(=O)C(O)=C(C(C)=O)[C@@H]1c1ccc(Br)cc1. The minimum atomic E-state index is -0.506. The number of halogens is 1. The fourth-order valence-corrected chi connectivity index (χ4v) is 3.65. The van der Waals surface area contributed by atoms with Crippen molar-refractivity contribution in [1.82, 2.24) is 4.90 Å². The molecule has 1 aromatic carbocycles. The standard InChI is InChI=1S/C20H26BrNO3/c1-4-6-7-14(5-2)12-22-18(15-8-10-16(21)11-9-15)17(13(3)23)19(24)20(22)25/h8-11,14,18,24H,4-7,12H2,1-3H3/t14-,18-/m0/s1. The topological polar surface area (TPSA) is 57.6 Å². The molecule has 2 rings (SSSR count). The Balaban J connectivity index is 2.37. The fourth-order valence-electron chi connectivity index (χ4n) is 3.39. The van der Waals surface area contributed by atoms with E-state index in [-0.39, 0.29) is 11.4 Å². The van der Waals surface area contributed by atoms with Gasteiger partial charge in [-0.2, -0.15) is 0 Å². The van der Waals surface area contributed by atoms with Crippen molar-refractivity contribution in [3.8, 4) is 0 Å². The number of benzene rings is 1. The van der Waals surface area contributed by atoms with Gasteiger partial charge >= 0.3 is 0 Å². The molecule has 2 atom stereocenters. The Bertz CT molecular complexity index is 666. The first-order valence-electron chi connectivity index (χ1n) is 8.91. The summed E-state index contributed by atoms with van der Waals surface area (Å²) >= 11 is 3.41. The second kappa shape index (κ2) is 8.65. The molecule has 4 nitrogen and oxygen atoms in total. The van der Waals surface area contributed by atoms with Gasteiger partial charge in [-0.05, 0) is 37.0 Å². The summed E-state index contributed by atoms with van der Waals surface area (Å²) in [6.45, 7) is 6.23. The Hall–Kier alpha value is -1.62. The van der Waals surface area contributed by atoms with Crippen LogP contribution in [0.5, 0.6) is 0 Å². The maximum Gasteiger partial charge on any atom is 0.290 e.